The molecule has 182 valence electrons. The van der Waals surface area contributed by atoms with Crippen LogP contribution in [0.4, 0.5) is 0 Å². The van der Waals surface area contributed by atoms with Crippen LogP contribution < -0.4 is 4.74 Å². The summed E-state index contributed by atoms with van der Waals surface area (Å²) in [5.41, 5.74) is 4.87. The van der Waals surface area contributed by atoms with Crippen LogP contribution in [0.5, 0.6) is 5.75 Å². The zero-order valence-corrected chi connectivity index (χ0v) is 21.6. The second-order valence-electron chi connectivity index (χ2n) is 8.59. The summed E-state index contributed by atoms with van der Waals surface area (Å²) in [4.78, 5) is 13.3. The molecule has 1 amide bonds. The molecule has 0 saturated carbocycles. The fraction of sp³-hybridized carbons (Fsp3) is 0.214. The summed E-state index contributed by atoms with van der Waals surface area (Å²) in [6.07, 6.45) is 1.32. The number of rotatable bonds is 7. The Hall–Kier alpha value is -3.78. The molecule has 3 aromatic carbocycles. The summed E-state index contributed by atoms with van der Waals surface area (Å²) in [5.74, 6) is 1.42. The molecular formula is C28H25BrN4O3. The largest absolute Gasteiger partial charge is 0.484 e. The van der Waals surface area contributed by atoms with Crippen LogP contribution in [-0.4, -0.2) is 33.4 Å². The van der Waals surface area contributed by atoms with E-state index in [1.54, 1.807) is 17.1 Å². The molecule has 36 heavy (non-hydrogen) atoms. The molecule has 0 radical (unpaired) electrons. The monoisotopic (exact) mass is 544 g/mol. The number of hydrogen-bond donors (Lipinski definition) is 0. The molecule has 7 nitrogen and oxygen atoms in total. The first-order valence-electron chi connectivity index (χ1n) is 11.8. The van der Waals surface area contributed by atoms with Crippen LogP contribution in [-0.2, 0) is 11.2 Å². The topological polar surface area (TPSA) is 80.8 Å². The van der Waals surface area contributed by atoms with Crippen LogP contribution in [0.15, 0.2) is 86.8 Å². The summed E-state index contributed by atoms with van der Waals surface area (Å²) in [7, 11) is 0. The molecule has 1 aromatic heterocycles. The maximum atomic E-state index is 13.3. The Balaban J connectivity index is 1.31. The molecule has 5 rings (SSSR count). The Labute approximate surface area is 217 Å². The van der Waals surface area contributed by atoms with Gasteiger partial charge in [-0.3, -0.25) is 4.79 Å². The highest BCUT2D eigenvalue weighted by atomic mass is 79.9. The van der Waals surface area contributed by atoms with Gasteiger partial charge in [-0.2, -0.15) is 5.10 Å². The molecule has 0 spiro atoms. The first-order valence-corrected chi connectivity index (χ1v) is 12.6. The van der Waals surface area contributed by atoms with E-state index in [4.69, 9.17) is 14.3 Å². The van der Waals surface area contributed by atoms with Crippen LogP contribution in [0.25, 0.3) is 11.5 Å². The summed E-state index contributed by atoms with van der Waals surface area (Å²) in [5, 5.41) is 14.3. The molecule has 0 saturated heterocycles. The van der Waals surface area contributed by atoms with E-state index in [1.807, 2.05) is 50.2 Å². The van der Waals surface area contributed by atoms with E-state index in [1.165, 1.54) is 5.56 Å². The predicted octanol–water partition coefficient (Wildman–Crippen LogP) is 6.13. The number of benzene rings is 3. The van der Waals surface area contributed by atoms with Gasteiger partial charge in [-0.1, -0.05) is 64.8 Å². The van der Waals surface area contributed by atoms with Crippen LogP contribution >= 0.6 is 15.9 Å². The van der Waals surface area contributed by atoms with Gasteiger partial charge < -0.3 is 9.15 Å². The van der Waals surface area contributed by atoms with Gasteiger partial charge in [0.2, 0.25) is 11.8 Å². The first-order chi connectivity index (χ1) is 17.5. The average molecular weight is 545 g/mol. The number of carbonyl (C=O) groups is 1. The van der Waals surface area contributed by atoms with Crippen molar-refractivity contribution >= 4 is 27.5 Å². The zero-order valence-electron chi connectivity index (χ0n) is 20.0. The lowest BCUT2D eigenvalue weighted by Gasteiger charge is -2.22. The van der Waals surface area contributed by atoms with E-state index in [0.717, 1.165) is 26.9 Å². The quantitative estimate of drug-likeness (QED) is 0.279. The van der Waals surface area contributed by atoms with E-state index in [2.05, 4.69) is 50.4 Å². The molecule has 0 aliphatic carbocycles. The van der Waals surface area contributed by atoms with Crippen molar-refractivity contribution in [3.05, 3.63) is 99.9 Å². The summed E-state index contributed by atoms with van der Waals surface area (Å²) >= 11 is 3.48. The highest BCUT2D eigenvalue weighted by Gasteiger charge is 2.33. The van der Waals surface area contributed by atoms with Gasteiger partial charge in [0, 0.05) is 22.9 Å². The molecule has 1 unspecified atom stereocenters. The van der Waals surface area contributed by atoms with Crippen molar-refractivity contribution in [2.24, 2.45) is 5.10 Å². The van der Waals surface area contributed by atoms with Crippen molar-refractivity contribution in [2.45, 2.75) is 32.7 Å². The summed E-state index contributed by atoms with van der Waals surface area (Å²) in [6, 6.07) is 23.3. The van der Waals surface area contributed by atoms with Gasteiger partial charge in [0.25, 0.3) is 5.91 Å². The molecule has 2 heterocycles. The number of hydrogen-bond acceptors (Lipinski definition) is 6. The second-order valence-corrected chi connectivity index (χ2v) is 9.51. The average Bonchev–Trinajstić information content (AvgIpc) is 3.57. The van der Waals surface area contributed by atoms with Gasteiger partial charge in [0.15, 0.2) is 6.61 Å². The van der Waals surface area contributed by atoms with Crippen molar-refractivity contribution in [3.8, 4) is 17.2 Å². The molecule has 8 heteroatoms. The highest BCUT2D eigenvalue weighted by molar-refractivity contribution is 9.10. The van der Waals surface area contributed by atoms with Crippen molar-refractivity contribution < 1.29 is 13.9 Å². The number of aryl methyl sites for hydroxylation is 2. The number of halogens is 1. The molecule has 1 aliphatic rings. The zero-order chi connectivity index (χ0) is 25.1. The standard InChI is InChI=1S/C28H25BrN4O3/c1-3-26-30-31-28(36-26)21-10-14-23(15-11-21)35-17-27(34)33-25(20-6-4-18(2)5-7-20)16-24(32-33)19-8-12-22(29)13-9-19/h4-15,25H,3,16-17H2,1-2H3. The van der Waals surface area contributed by atoms with E-state index in [0.29, 0.717) is 30.4 Å². The van der Waals surface area contributed by atoms with E-state index in [-0.39, 0.29) is 18.6 Å². The van der Waals surface area contributed by atoms with Crippen LogP contribution in [0, 0.1) is 6.92 Å². The predicted molar refractivity (Wildman–Crippen MR) is 141 cm³/mol. The molecule has 1 aliphatic heterocycles. The minimum absolute atomic E-state index is 0.126. The number of aromatic nitrogens is 2. The summed E-state index contributed by atoms with van der Waals surface area (Å²) < 4.78 is 12.4. The molecule has 0 fully saturated rings. The second kappa shape index (κ2) is 10.5. The third-order valence-electron chi connectivity index (χ3n) is 6.04. The van der Waals surface area contributed by atoms with Crippen molar-refractivity contribution in [1.29, 1.82) is 0 Å². The van der Waals surface area contributed by atoms with Crippen molar-refractivity contribution in [1.82, 2.24) is 15.2 Å². The van der Waals surface area contributed by atoms with E-state index in [9.17, 15) is 4.79 Å². The van der Waals surface area contributed by atoms with Gasteiger partial charge in [-0.05, 0) is 54.4 Å². The van der Waals surface area contributed by atoms with Crippen LogP contribution in [0.1, 0.15) is 42.0 Å². The van der Waals surface area contributed by atoms with E-state index >= 15 is 0 Å². The van der Waals surface area contributed by atoms with E-state index < -0.39 is 0 Å². The SMILES string of the molecule is CCc1nnc(-c2ccc(OCC(=O)N3N=C(c4ccc(Br)cc4)CC3c3ccc(C)cc3)cc2)o1. The maximum Gasteiger partial charge on any atom is 0.281 e. The lowest BCUT2D eigenvalue weighted by atomic mass is 9.98. The molecule has 0 bridgehead atoms. The molecule has 0 N–H and O–H groups in total. The smallest absolute Gasteiger partial charge is 0.281 e. The van der Waals surface area contributed by atoms with Gasteiger partial charge >= 0.3 is 0 Å². The highest BCUT2D eigenvalue weighted by Crippen LogP contribution is 2.33. The number of ether oxygens (including phenoxy) is 1. The summed E-state index contributed by atoms with van der Waals surface area (Å²) in [6.45, 7) is 3.88. The van der Waals surface area contributed by atoms with Crippen molar-refractivity contribution in [3.63, 3.8) is 0 Å². The van der Waals surface area contributed by atoms with Gasteiger partial charge in [-0.15, -0.1) is 10.2 Å². The minimum Gasteiger partial charge on any atom is -0.484 e. The van der Waals surface area contributed by atoms with Crippen LogP contribution in [0.2, 0.25) is 0 Å². The minimum atomic E-state index is -0.207. The molecule has 4 aromatic rings. The number of carbonyl (C=O) groups excluding carboxylic acids is 1. The Morgan fingerprint density at radius 1 is 1.00 bits per heavy atom. The Morgan fingerprint density at radius 2 is 1.69 bits per heavy atom. The van der Waals surface area contributed by atoms with Crippen molar-refractivity contribution in [2.75, 3.05) is 6.61 Å². The lowest BCUT2D eigenvalue weighted by Crippen LogP contribution is -2.31. The lowest BCUT2D eigenvalue weighted by molar-refractivity contribution is -0.135. The molecule has 1 atom stereocenters. The Morgan fingerprint density at radius 3 is 2.36 bits per heavy atom. The fourth-order valence-electron chi connectivity index (χ4n) is 4.02. The number of amides is 1. The van der Waals surface area contributed by atoms with Gasteiger partial charge in [-0.25, -0.2) is 5.01 Å². The Kier molecular flexibility index (Phi) is 6.95. The van der Waals surface area contributed by atoms with Gasteiger partial charge in [0.05, 0.1) is 11.8 Å². The molecular weight excluding hydrogens is 520 g/mol. The van der Waals surface area contributed by atoms with Gasteiger partial charge in [0.1, 0.15) is 5.75 Å². The Bertz CT molecular complexity index is 1380. The third-order valence-corrected chi connectivity index (χ3v) is 6.57. The first kappa shape index (κ1) is 23.9. The van der Waals surface area contributed by atoms with Crippen LogP contribution in [0.3, 0.4) is 0 Å². The fourth-order valence-corrected chi connectivity index (χ4v) is 4.29. The number of hydrazone groups is 1. The third kappa shape index (κ3) is 5.23. The maximum absolute atomic E-state index is 13.3. The normalized spacial score (nSPS) is 15.1. The number of nitrogens with zero attached hydrogens (tertiary/aromatic N) is 4.